The number of nitrogens with zero attached hydrogens (tertiary/aromatic N) is 2. The Kier molecular flexibility index (Phi) is 2.95. The highest BCUT2D eigenvalue weighted by Crippen LogP contribution is 2.21. The molecule has 0 radical (unpaired) electrons. The van der Waals surface area contributed by atoms with Gasteiger partial charge in [0.2, 0.25) is 0 Å². The smallest absolute Gasteiger partial charge is 0.335 e. The number of benzene rings is 1. The van der Waals surface area contributed by atoms with Crippen LogP contribution in [0.4, 0.5) is 0 Å². The lowest BCUT2D eigenvalue weighted by molar-refractivity contribution is 0.0697. The van der Waals surface area contributed by atoms with Crippen LogP contribution in [0.15, 0.2) is 36.7 Å². The molecule has 0 saturated heterocycles. The summed E-state index contributed by atoms with van der Waals surface area (Å²) in [5, 5.41) is 13.2. The molecule has 0 aliphatic heterocycles. The second kappa shape index (κ2) is 4.41. The van der Waals surface area contributed by atoms with Crippen molar-refractivity contribution in [1.29, 1.82) is 0 Å². The van der Waals surface area contributed by atoms with Crippen molar-refractivity contribution in [1.82, 2.24) is 9.78 Å². The van der Waals surface area contributed by atoms with Crippen LogP contribution in [0.3, 0.4) is 0 Å². The lowest BCUT2D eigenvalue weighted by Crippen LogP contribution is -1.99. The van der Waals surface area contributed by atoms with E-state index in [1.165, 1.54) is 0 Å². The van der Waals surface area contributed by atoms with Crippen molar-refractivity contribution in [3.63, 3.8) is 0 Å². The molecule has 4 heteroatoms. The second-order valence-electron chi connectivity index (χ2n) is 4.19. The van der Waals surface area contributed by atoms with E-state index in [-0.39, 0.29) is 0 Å². The Balaban J connectivity index is 2.38. The van der Waals surface area contributed by atoms with E-state index >= 15 is 0 Å². The molecular weight excluding hydrogens is 216 g/mol. The number of rotatable bonds is 3. The van der Waals surface area contributed by atoms with Crippen LogP contribution in [0, 0.1) is 0 Å². The number of carboxylic acid groups (broad SMARTS) is 1. The van der Waals surface area contributed by atoms with Gasteiger partial charge in [-0.3, -0.25) is 4.68 Å². The van der Waals surface area contributed by atoms with Gasteiger partial charge in [-0.1, -0.05) is 12.1 Å². The van der Waals surface area contributed by atoms with Crippen molar-refractivity contribution < 1.29 is 9.90 Å². The molecule has 1 N–H and O–H groups in total. The van der Waals surface area contributed by atoms with Gasteiger partial charge in [0.05, 0.1) is 11.8 Å². The highest BCUT2D eigenvalue weighted by Gasteiger charge is 2.07. The molecule has 1 heterocycles. The van der Waals surface area contributed by atoms with Crippen molar-refractivity contribution in [3.8, 4) is 11.1 Å². The summed E-state index contributed by atoms with van der Waals surface area (Å²) in [6.45, 7) is 4.09. The first-order valence-corrected chi connectivity index (χ1v) is 5.46. The SMILES string of the molecule is CC(C)n1cc(-c2cccc(C(=O)O)c2)cn1. The zero-order chi connectivity index (χ0) is 12.4. The van der Waals surface area contributed by atoms with E-state index in [1.807, 2.05) is 30.8 Å². The Bertz CT molecular complexity index is 544. The highest BCUT2D eigenvalue weighted by atomic mass is 16.4. The van der Waals surface area contributed by atoms with Crippen molar-refractivity contribution in [3.05, 3.63) is 42.2 Å². The first-order valence-electron chi connectivity index (χ1n) is 5.46. The summed E-state index contributed by atoms with van der Waals surface area (Å²) in [6.07, 6.45) is 3.67. The van der Waals surface area contributed by atoms with Gasteiger partial charge in [-0.25, -0.2) is 4.79 Å². The lowest BCUT2D eigenvalue weighted by Gasteiger charge is -2.03. The maximum Gasteiger partial charge on any atom is 0.335 e. The van der Waals surface area contributed by atoms with Crippen molar-refractivity contribution in [2.45, 2.75) is 19.9 Å². The van der Waals surface area contributed by atoms with Crippen LogP contribution in [0.5, 0.6) is 0 Å². The number of hydrogen-bond donors (Lipinski definition) is 1. The van der Waals surface area contributed by atoms with E-state index in [1.54, 1.807) is 24.4 Å². The van der Waals surface area contributed by atoms with Gasteiger partial charge in [-0.05, 0) is 31.5 Å². The quantitative estimate of drug-likeness (QED) is 0.882. The van der Waals surface area contributed by atoms with Crippen LogP contribution in [-0.2, 0) is 0 Å². The molecule has 1 aromatic carbocycles. The zero-order valence-corrected chi connectivity index (χ0v) is 9.79. The number of carbonyl (C=O) groups is 1. The fraction of sp³-hybridized carbons (Fsp3) is 0.231. The average Bonchev–Trinajstić information content (AvgIpc) is 2.78. The first kappa shape index (κ1) is 11.4. The van der Waals surface area contributed by atoms with Gasteiger partial charge in [0.25, 0.3) is 0 Å². The summed E-state index contributed by atoms with van der Waals surface area (Å²) in [5.41, 5.74) is 2.10. The van der Waals surface area contributed by atoms with Crippen LogP contribution in [0.2, 0.25) is 0 Å². The van der Waals surface area contributed by atoms with Gasteiger partial charge in [-0.2, -0.15) is 5.10 Å². The largest absolute Gasteiger partial charge is 0.478 e. The molecular formula is C13H14N2O2. The van der Waals surface area contributed by atoms with Crippen molar-refractivity contribution in [2.24, 2.45) is 0 Å². The van der Waals surface area contributed by atoms with Gasteiger partial charge in [0.15, 0.2) is 0 Å². The summed E-state index contributed by atoms with van der Waals surface area (Å²) in [7, 11) is 0. The van der Waals surface area contributed by atoms with Gasteiger partial charge >= 0.3 is 5.97 Å². The molecule has 0 amide bonds. The highest BCUT2D eigenvalue weighted by molar-refractivity contribution is 5.89. The Morgan fingerprint density at radius 1 is 1.35 bits per heavy atom. The van der Waals surface area contributed by atoms with Gasteiger partial charge < -0.3 is 5.11 Å². The fourth-order valence-electron chi connectivity index (χ4n) is 1.60. The van der Waals surface area contributed by atoms with E-state index in [2.05, 4.69) is 5.10 Å². The third-order valence-corrected chi connectivity index (χ3v) is 2.57. The maximum absolute atomic E-state index is 10.9. The number of carboxylic acids is 1. The molecule has 2 rings (SSSR count). The topological polar surface area (TPSA) is 55.1 Å². The minimum absolute atomic E-state index is 0.291. The van der Waals surface area contributed by atoms with E-state index in [4.69, 9.17) is 5.11 Å². The fourth-order valence-corrected chi connectivity index (χ4v) is 1.60. The second-order valence-corrected chi connectivity index (χ2v) is 4.19. The Hall–Kier alpha value is -2.10. The molecule has 0 saturated carbocycles. The van der Waals surface area contributed by atoms with E-state index in [9.17, 15) is 4.79 Å². The van der Waals surface area contributed by atoms with Crippen LogP contribution in [-0.4, -0.2) is 20.9 Å². The Morgan fingerprint density at radius 2 is 2.12 bits per heavy atom. The van der Waals surface area contributed by atoms with Gasteiger partial charge in [0, 0.05) is 17.8 Å². The van der Waals surface area contributed by atoms with Gasteiger partial charge in [-0.15, -0.1) is 0 Å². The average molecular weight is 230 g/mol. The molecule has 0 fully saturated rings. The molecule has 2 aromatic rings. The number of hydrogen-bond acceptors (Lipinski definition) is 2. The molecule has 17 heavy (non-hydrogen) atoms. The molecule has 88 valence electrons. The van der Waals surface area contributed by atoms with Gasteiger partial charge in [0.1, 0.15) is 0 Å². The monoisotopic (exact) mass is 230 g/mol. The molecule has 0 unspecified atom stereocenters. The number of aromatic nitrogens is 2. The molecule has 4 nitrogen and oxygen atoms in total. The Morgan fingerprint density at radius 3 is 2.71 bits per heavy atom. The lowest BCUT2D eigenvalue weighted by atomic mass is 10.1. The molecule has 0 aliphatic carbocycles. The summed E-state index contributed by atoms with van der Waals surface area (Å²) in [4.78, 5) is 10.9. The summed E-state index contributed by atoms with van der Waals surface area (Å²) in [6, 6.07) is 7.16. The van der Waals surface area contributed by atoms with Crippen LogP contribution >= 0.6 is 0 Å². The summed E-state index contributed by atoms with van der Waals surface area (Å²) in [5.74, 6) is -0.914. The molecule has 0 spiro atoms. The van der Waals surface area contributed by atoms with E-state index in [0.29, 0.717) is 11.6 Å². The molecule has 1 aromatic heterocycles. The molecule has 0 bridgehead atoms. The molecule has 0 atom stereocenters. The van der Waals surface area contributed by atoms with Crippen molar-refractivity contribution >= 4 is 5.97 Å². The van der Waals surface area contributed by atoms with Crippen LogP contribution in [0.25, 0.3) is 11.1 Å². The third-order valence-electron chi connectivity index (χ3n) is 2.57. The van der Waals surface area contributed by atoms with Crippen molar-refractivity contribution in [2.75, 3.05) is 0 Å². The zero-order valence-electron chi connectivity index (χ0n) is 9.79. The first-order chi connectivity index (χ1) is 8.08. The van der Waals surface area contributed by atoms with E-state index in [0.717, 1.165) is 11.1 Å². The predicted octanol–water partition coefficient (Wildman–Crippen LogP) is 2.83. The predicted molar refractivity (Wildman–Crippen MR) is 65.0 cm³/mol. The number of aromatic carboxylic acids is 1. The maximum atomic E-state index is 10.9. The molecule has 0 aliphatic rings. The summed E-state index contributed by atoms with van der Waals surface area (Å²) < 4.78 is 1.85. The third kappa shape index (κ3) is 2.36. The normalized spacial score (nSPS) is 10.8. The standard InChI is InChI=1S/C13H14N2O2/c1-9(2)15-8-12(7-14-15)10-4-3-5-11(6-10)13(16)17/h3-9H,1-2H3,(H,16,17). The van der Waals surface area contributed by atoms with Crippen LogP contribution in [0.1, 0.15) is 30.2 Å². The van der Waals surface area contributed by atoms with E-state index < -0.39 is 5.97 Å². The minimum atomic E-state index is -0.914. The summed E-state index contributed by atoms with van der Waals surface area (Å²) >= 11 is 0. The van der Waals surface area contributed by atoms with Crippen LogP contribution < -0.4 is 0 Å². The minimum Gasteiger partial charge on any atom is -0.478 e. The Labute approximate surface area is 99.5 Å².